The molecule has 0 amide bonds. The average Bonchev–Trinajstić information content (AvgIpc) is 3.10. The van der Waals surface area contributed by atoms with Gasteiger partial charge in [-0.05, 0) is 15.5 Å². The van der Waals surface area contributed by atoms with Crippen molar-refractivity contribution < 1.29 is 5.03 Å². The van der Waals surface area contributed by atoms with Gasteiger partial charge in [0, 0.05) is 0 Å². The summed E-state index contributed by atoms with van der Waals surface area (Å²) in [6.07, 6.45) is 0. The van der Waals surface area contributed by atoms with Crippen LogP contribution in [0, 0.1) is 10.1 Å². The minimum absolute atomic E-state index is 0.0156. The Morgan fingerprint density at radius 3 is 2.28 bits per heavy atom. The molecule has 3 aromatic rings. The fraction of sp³-hybridized carbons (Fsp3) is 0. The maximum absolute atomic E-state index is 10.8. The molecule has 0 bridgehead atoms. The van der Waals surface area contributed by atoms with Crippen LogP contribution < -0.4 is 0 Å². The number of rotatable bonds is 3. The van der Waals surface area contributed by atoms with Crippen LogP contribution in [0.3, 0.4) is 0 Å². The molecule has 14 nitrogen and oxygen atoms in total. The van der Waals surface area contributed by atoms with Crippen LogP contribution >= 0.6 is 0 Å². The first-order valence-corrected chi connectivity index (χ1v) is 4.35. The minimum atomic E-state index is -0.789. The second-order valence-electron chi connectivity index (χ2n) is 2.88. The number of nitrogens with one attached hydrogen (secondary N) is 2. The van der Waals surface area contributed by atoms with Gasteiger partial charge in [0.1, 0.15) is 0 Å². The van der Waals surface area contributed by atoms with E-state index in [1.165, 1.54) is 0 Å². The van der Waals surface area contributed by atoms with Gasteiger partial charge >= 0.3 is 0 Å². The van der Waals surface area contributed by atoms with Crippen molar-refractivity contribution >= 4 is 0 Å². The van der Waals surface area contributed by atoms with E-state index in [0.29, 0.717) is 4.79 Å². The van der Waals surface area contributed by atoms with Gasteiger partial charge in [0.15, 0.2) is 10.9 Å². The third-order valence-electron chi connectivity index (χ3n) is 1.92. The zero-order chi connectivity index (χ0) is 12.5. The van der Waals surface area contributed by atoms with Crippen LogP contribution in [-0.4, -0.2) is 61.4 Å². The number of hydrogen-bond donors (Lipinski definition) is 2. The molecule has 0 fully saturated rings. The molecule has 2 N–H and O–H groups in total. The van der Waals surface area contributed by atoms with E-state index in [9.17, 15) is 10.1 Å². The largest absolute Gasteiger partial charge is 0.339 e. The van der Waals surface area contributed by atoms with Crippen LogP contribution in [0.5, 0.6) is 0 Å². The minimum Gasteiger partial charge on any atom is -0.339 e. The highest BCUT2D eigenvalue weighted by Gasteiger charge is 2.29. The molecule has 14 heteroatoms. The summed E-state index contributed by atoms with van der Waals surface area (Å²) in [5, 5.41) is 42.6. The van der Waals surface area contributed by atoms with Crippen LogP contribution in [0.4, 0.5) is 0 Å². The number of aromatic amines is 2. The van der Waals surface area contributed by atoms with E-state index in [1.54, 1.807) is 0 Å². The molecule has 0 aliphatic carbocycles. The van der Waals surface area contributed by atoms with Crippen LogP contribution in [0.2, 0.25) is 0 Å². The lowest BCUT2D eigenvalue weighted by molar-refractivity contribution is -0.551. The van der Waals surface area contributed by atoms with E-state index in [-0.39, 0.29) is 23.0 Å². The summed E-state index contributed by atoms with van der Waals surface area (Å²) in [6, 6.07) is 0. The van der Waals surface area contributed by atoms with Gasteiger partial charge in [0.2, 0.25) is 17.3 Å². The van der Waals surface area contributed by atoms with Gasteiger partial charge in [0.05, 0.1) is 9.82 Å². The maximum atomic E-state index is 10.8. The molecular weight excluding hydrogens is 248 g/mol. The van der Waals surface area contributed by atoms with Crippen molar-refractivity contribution in [2.45, 2.75) is 0 Å². The smallest absolute Gasteiger partial charge is 0.231 e. The van der Waals surface area contributed by atoms with Crippen molar-refractivity contribution in [1.29, 1.82) is 0 Å². The number of nitro groups is 1. The predicted octanol–water partition coefficient (Wildman–Crippen LogP) is -2.32. The van der Waals surface area contributed by atoms with Gasteiger partial charge in [-0.1, -0.05) is 0 Å². The van der Waals surface area contributed by atoms with Crippen LogP contribution in [-0.2, 0) is 0 Å². The molecule has 90 valence electrons. The Morgan fingerprint density at radius 1 is 1.06 bits per heavy atom. The Bertz CT molecular complexity index is 665. The first-order chi connectivity index (χ1) is 8.77. The predicted molar refractivity (Wildman–Crippen MR) is 48.8 cm³/mol. The SMILES string of the molecule is O=[N+]([O-])n1nnc(-c2nn[nH]n2)c1-c1nn[nH]n1. The normalized spacial score (nSPS) is 10.7. The van der Waals surface area contributed by atoms with Crippen molar-refractivity contribution in [3.8, 4) is 23.0 Å². The van der Waals surface area contributed by atoms with Gasteiger partial charge in [0.25, 0.3) is 0 Å². The van der Waals surface area contributed by atoms with E-state index in [0.717, 1.165) is 0 Å². The zero-order valence-electron chi connectivity index (χ0n) is 8.29. The van der Waals surface area contributed by atoms with Gasteiger partial charge in [-0.25, -0.2) is 0 Å². The van der Waals surface area contributed by atoms with Crippen molar-refractivity contribution in [2.24, 2.45) is 0 Å². The monoisotopic (exact) mass is 250 g/mol. The van der Waals surface area contributed by atoms with E-state index >= 15 is 0 Å². The fourth-order valence-corrected chi connectivity index (χ4v) is 1.26. The summed E-state index contributed by atoms with van der Waals surface area (Å²) in [7, 11) is 0. The number of nitrogens with zero attached hydrogens (tertiary/aromatic N) is 10. The Balaban J connectivity index is 2.25. The van der Waals surface area contributed by atoms with Crippen molar-refractivity contribution in [2.75, 3.05) is 0 Å². The molecule has 0 aliphatic heterocycles. The Kier molecular flexibility index (Phi) is 1.98. The number of H-pyrrole nitrogens is 2. The molecule has 0 radical (unpaired) electrons. The molecule has 3 aromatic heterocycles. The first kappa shape index (κ1) is 9.87. The molecule has 0 saturated heterocycles. The van der Waals surface area contributed by atoms with Crippen LogP contribution in [0.1, 0.15) is 0 Å². The Morgan fingerprint density at radius 2 is 1.72 bits per heavy atom. The molecule has 3 rings (SSSR count). The number of hydrogen-bond acceptors (Lipinski definition) is 10. The number of aromatic nitrogens is 11. The highest BCUT2D eigenvalue weighted by Crippen LogP contribution is 2.23. The fourth-order valence-electron chi connectivity index (χ4n) is 1.26. The van der Waals surface area contributed by atoms with E-state index < -0.39 is 5.03 Å². The molecule has 0 unspecified atom stereocenters. The van der Waals surface area contributed by atoms with Gasteiger partial charge in [-0.2, -0.15) is 10.4 Å². The van der Waals surface area contributed by atoms with Crippen LogP contribution in [0.25, 0.3) is 23.0 Å². The lowest BCUT2D eigenvalue weighted by Gasteiger charge is -1.94. The van der Waals surface area contributed by atoms with Crippen molar-refractivity contribution in [3.63, 3.8) is 0 Å². The third kappa shape index (κ3) is 1.36. The molecule has 0 spiro atoms. The Hall–Kier alpha value is -3.32. The molecule has 0 aromatic carbocycles. The summed E-state index contributed by atoms with van der Waals surface area (Å²) in [6.45, 7) is 0. The van der Waals surface area contributed by atoms with Gasteiger partial charge < -0.3 is 10.1 Å². The summed E-state index contributed by atoms with van der Waals surface area (Å²) in [5.41, 5.74) is -0.0861. The second-order valence-corrected chi connectivity index (χ2v) is 2.88. The second kappa shape index (κ2) is 3.61. The number of tetrazole rings is 2. The van der Waals surface area contributed by atoms with Crippen LogP contribution in [0.15, 0.2) is 0 Å². The molecule has 3 heterocycles. The Labute approximate surface area is 95.5 Å². The lowest BCUT2D eigenvalue weighted by atomic mass is 10.3. The molecular formula is C4H2N12O2. The highest BCUT2D eigenvalue weighted by atomic mass is 16.7. The zero-order valence-corrected chi connectivity index (χ0v) is 8.29. The van der Waals surface area contributed by atoms with Crippen molar-refractivity contribution in [1.82, 2.24) is 56.4 Å². The van der Waals surface area contributed by atoms with Gasteiger partial charge in [-0.3, -0.25) is 0 Å². The summed E-state index contributed by atoms with van der Waals surface area (Å²) in [4.78, 5) is 11.2. The first-order valence-electron chi connectivity index (χ1n) is 4.35. The maximum Gasteiger partial charge on any atom is 0.231 e. The highest BCUT2D eigenvalue weighted by molar-refractivity contribution is 5.68. The van der Waals surface area contributed by atoms with Gasteiger partial charge in [-0.15, -0.1) is 20.4 Å². The molecule has 0 saturated carbocycles. The van der Waals surface area contributed by atoms with E-state index in [2.05, 4.69) is 51.6 Å². The summed E-state index contributed by atoms with van der Waals surface area (Å²) in [5.74, 6) is -0.0283. The average molecular weight is 250 g/mol. The third-order valence-corrected chi connectivity index (χ3v) is 1.92. The topological polar surface area (TPSA) is 183 Å². The molecule has 0 aliphatic rings. The quantitative estimate of drug-likeness (QED) is 0.377. The lowest BCUT2D eigenvalue weighted by Crippen LogP contribution is -2.12. The summed E-state index contributed by atoms with van der Waals surface area (Å²) < 4.78 is 0. The molecule has 0 atom stereocenters. The summed E-state index contributed by atoms with van der Waals surface area (Å²) >= 11 is 0. The van der Waals surface area contributed by atoms with E-state index in [1.807, 2.05) is 0 Å². The van der Waals surface area contributed by atoms with E-state index in [4.69, 9.17) is 0 Å². The van der Waals surface area contributed by atoms with Crippen molar-refractivity contribution in [3.05, 3.63) is 10.1 Å². The standard InChI is InChI=1S/C4H2N12O2/c17-16(18)15-2(4-8-12-13-9-4)1(5-14-15)3-6-10-11-7-3/h(H,6,7,10,11)(H,8,9,12,13). The molecule has 18 heavy (non-hydrogen) atoms.